The first kappa shape index (κ1) is 16.2. The first-order valence-corrected chi connectivity index (χ1v) is 9.68. The van der Waals surface area contributed by atoms with E-state index in [9.17, 15) is 9.00 Å². The zero-order chi connectivity index (χ0) is 16.2. The van der Waals surface area contributed by atoms with E-state index in [0.717, 1.165) is 29.9 Å². The zero-order valence-corrected chi connectivity index (χ0v) is 14.3. The topological polar surface area (TPSA) is 63.5 Å². The highest BCUT2D eigenvalue weighted by Gasteiger charge is 2.17. The van der Waals surface area contributed by atoms with Crippen LogP contribution in [0.25, 0.3) is 5.65 Å². The molecule has 0 aromatic carbocycles. The van der Waals surface area contributed by atoms with Crippen LogP contribution in [0.1, 0.15) is 43.5 Å². The van der Waals surface area contributed by atoms with Crippen LogP contribution in [-0.2, 0) is 21.3 Å². The Morgan fingerprint density at radius 3 is 2.91 bits per heavy atom. The van der Waals surface area contributed by atoms with E-state index in [0.29, 0.717) is 24.0 Å². The first-order chi connectivity index (χ1) is 11.1. The molecule has 1 fully saturated rings. The number of hydrogen-bond donors (Lipinski definition) is 1. The summed E-state index contributed by atoms with van der Waals surface area (Å²) in [5.41, 5.74) is 2.78. The van der Waals surface area contributed by atoms with Crippen LogP contribution >= 0.6 is 0 Å². The van der Waals surface area contributed by atoms with E-state index < -0.39 is 10.8 Å². The summed E-state index contributed by atoms with van der Waals surface area (Å²) in [6.07, 6.45) is 6.82. The van der Waals surface area contributed by atoms with Crippen LogP contribution in [0, 0.1) is 6.92 Å². The molecule has 0 radical (unpaired) electrons. The second kappa shape index (κ2) is 7.25. The summed E-state index contributed by atoms with van der Waals surface area (Å²) in [7, 11) is -1.06. The maximum atomic E-state index is 12.2. The third-order valence-electron chi connectivity index (χ3n) is 4.33. The highest BCUT2D eigenvalue weighted by Crippen LogP contribution is 2.17. The van der Waals surface area contributed by atoms with Crippen molar-refractivity contribution < 1.29 is 9.00 Å². The van der Waals surface area contributed by atoms with Gasteiger partial charge in [0, 0.05) is 40.9 Å². The number of imidazole rings is 1. The number of rotatable bonds is 6. The fourth-order valence-electron chi connectivity index (χ4n) is 3.08. The van der Waals surface area contributed by atoms with Crippen molar-refractivity contribution in [1.29, 1.82) is 0 Å². The van der Waals surface area contributed by atoms with Gasteiger partial charge in [0.25, 0.3) is 0 Å². The SMILES string of the molecule is Cc1cccc2nc(C[S@](=O)CCC(=O)NC3CCCC3)cn12. The largest absolute Gasteiger partial charge is 0.353 e. The van der Waals surface area contributed by atoms with E-state index in [2.05, 4.69) is 10.3 Å². The highest BCUT2D eigenvalue weighted by molar-refractivity contribution is 7.84. The van der Waals surface area contributed by atoms with Crippen molar-refractivity contribution in [3.05, 3.63) is 35.8 Å². The van der Waals surface area contributed by atoms with Crippen LogP contribution < -0.4 is 5.32 Å². The molecule has 0 aliphatic heterocycles. The summed E-state index contributed by atoms with van der Waals surface area (Å²) in [5.74, 6) is 0.819. The quantitative estimate of drug-likeness (QED) is 0.882. The average Bonchev–Trinajstić information content (AvgIpc) is 3.15. The van der Waals surface area contributed by atoms with Crippen LogP contribution in [-0.4, -0.2) is 31.3 Å². The number of carbonyl (C=O) groups is 1. The molecule has 1 atom stereocenters. The van der Waals surface area contributed by atoms with Gasteiger partial charge in [-0.2, -0.15) is 0 Å². The van der Waals surface area contributed by atoms with Crippen LogP contribution in [0.5, 0.6) is 0 Å². The van der Waals surface area contributed by atoms with Crippen molar-refractivity contribution in [2.24, 2.45) is 0 Å². The van der Waals surface area contributed by atoms with E-state index in [4.69, 9.17) is 0 Å². The van der Waals surface area contributed by atoms with Gasteiger partial charge in [0.15, 0.2) is 0 Å². The fourth-order valence-corrected chi connectivity index (χ4v) is 4.11. The van der Waals surface area contributed by atoms with Crippen molar-refractivity contribution in [2.45, 2.75) is 50.8 Å². The molecule has 1 amide bonds. The minimum atomic E-state index is -1.06. The Kier molecular flexibility index (Phi) is 5.10. The molecule has 6 heteroatoms. The van der Waals surface area contributed by atoms with Gasteiger partial charge >= 0.3 is 0 Å². The van der Waals surface area contributed by atoms with Gasteiger partial charge in [-0.15, -0.1) is 0 Å². The Labute approximate surface area is 138 Å². The van der Waals surface area contributed by atoms with E-state index in [1.807, 2.05) is 35.7 Å². The number of nitrogens with one attached hydrogen (secondary N) is 1. The summed E-state index contributed by atoms with van der Waals surface area (Å²) in [6, 6.07) is 6.25. The number of amides is 1. The third kappa shape index (κ3) is 4.19. The normalized spacial score (nSPS) is 16.7. The second-order valence-corrected chi connectivity index (χ2v) is 7.79. The number of carbonyl (C=O) groups excluding carboxylic acids is 1. The summed E-state index contributed by atoms with van der Waals surface area (Å²) < 4.78 is 14.2. The summed E-state index contributed by atoms with van der Waals surface area (Å²) in [6.45, 7) is 2.02. The number of nitrogens with zero attached hydrogens (tertiary/aromatic N) is 2. The van der Waals surface area contributed by atoms with Gasteiger partial charge in [0.05, 0.1) is 11.4 Å². The molecule has 124 valence electrons. The summed E-state index contributed by atoms with van der Waals surface area (Å²) in [5, 5.41) is 3.03. The standard InChI is InChI=1S/C17H23N3O2S/c1-13-5-4-8-16-18-15(11-20(13)16)12-23(22)10-9-17(21)19-14-6-2-3-7-14/h4-5,8,11,14H,2-3,6-7,9-10,12H2,1H3,(H,19,21)/t23-/m1/s1. The molecule has 3 rings (SSSR count). The summed E-state index contributed by atoms with van der Waals surface area (Å²) >= 11 is 0. The van der Waals surface area contributed by atoms with Crippen molar-refractivity contribution in [2.75, 3.05) is 5.75 Å². The number of hydrogen-bond acceptors (Lipinski definition) is 3. The Balaban J connectivity index is 1.50. The average molecular weight is 333 g/mol. The molecule has 0 spiro atoms. The number of pyridine rings is 1. The van der Waals surface area contributed by atoms with Crippen LogP contribution in [0.15, 0.2) is 24.4 Å². The number of aromatic nitrogens is 2. The smallest absolute Gasteiger partial charge is 0.221 e. The van der Waals surface area contributed by atoms with Gasteiger partial charge < -0.3 is 9.72 Å². The Morgan fingerprint density at radius 1 is 1.39 bits per heavy atom. The van der Waals surface area contributed by atoms with Gasteiger partial charge in [-0.3, -0.25) is 9.00 Å². The Hall–Kier alpha value is -1.69. The van der Waals surface area contributed by atoms with E-state index in [1.54, 1.807) is 0 Å². The maximum Gasteiger partial charge on any atom is 0.221 e. The number of aryl methyl sites for hydroxylation is 1. The fraction of sp³-hybridized carbons (Fsp3) is 0.529. The monoisotopic (exact) mass is 333 g/mol. The van der Waals surface area contributed by atoms with Crippen molar-refractivity contribution in [3.8, 4) is 0 Å². The molecule has 1 aliphatic carbocycles. The van der Waals surface area contributed by atoms with E-state index in [-0.39, 0.29) is 5.91 Å². The minimum Gasteiger partial charge on any atom is -0.353 e. The molecule has 0 bridgehead atoms. The van der Waals surface area contributed by atoms with Gasteiger partial charge in [0.1, 0.15) is 5.65 Å². The molecule has 2 aromatic rings. The van der Waals surface area contributed by atoms with E-state index in [1.165, 1.54) is 12.8 Å². The molecule has 1 aliphatic rings. The molecule has 1 saturated carbocycles. The van der Waals surface area contributed by atoms with Crippen molar-refractivity contribution >= 4 is 22.4 Å². The number of fused-ring (bicyclic) bond motifs is 1. The van der Waals surface area contributed by atoms with Gasteiger partial charge in [0.2, 0.25) is 5.91 Å². The molecular weight excluding hydrogens is 310 g/mol. The van der Waals surface area contributed by atoms with Crippen LogP contribution in [0.4, 0.5) is 0 Å². The lowest BCUT2D eigenvalue weighted by molar-refractivity contribution is -0.121. The lowest BCUT2D eigenvalue weighted by Crippen LogP contribution is -2.33. The Morgan fingerprint density at radius 2 is 2.17 bits per heavy atom. The lowest BCUT2D eigenvalue weighted by atomic mass is 10.2. The predicted molar refractivity (Wildman–Crippen MR) is 91.7 cm³/mol. The molecule has 1 N–H and O–H groups in total. The molecule has 2 aromatic heterocycles. The second-order valence-electron chi connectivity index (χ2n) is 6.21. The minimum absolute atomic E-state index is 0.0242. The van der Waals surface area contributed by atoms with Crippen LogP contribution in [0.2, 0.25) is 0 Å². The van der Waals surface area contributed by atoms with E-state index >= 15 is 0 Å². The maximum absolute atomic E-state index is 12.2. The molecule has 2 heterocycles. The zero-order valence-electron chi connectivity index (χ0n) is 13.5. The predicted octanol–water partition coefficient (Wildman–Crippen LogP) is 2.34. The van der Waals surface area contributed by atoms with Crippen molar-refractivity contribution in [3.63, 3.8) is 0 Å². The highest BCUT2D eigenvalue weighted by atomic mass is 32.2. The van der Waals surface area contributed by atoms with Gasteiger partial charge in [-0.1, -0.05) is 18.9 Å². The first-order valence-electron chi connectivity index (χ1n) is 8.20. The van der Waals surface area contributed by atoms with Crippen molar-refractivity contribution in [1.82, 2.24) is 14.7 Å². The lowest BCUT2D eigenvalue weighted by Gasteiger charge is -2.11. The van der Waals surface area contributed by atoms with Crippen LogP contribution in [0.3, 0.4) is 0 Å². The summed E-state index contributed by atoms with van der Waals surface area (Å²) in [4.78, 5) is 16.4. The Bertz CT molecular complexity index is 720. The molecule has 5 nitrogen and oxygen atoms in total. The molecular formula is C17H23N3O2S. The molecule has 23 heavy (non-hydrogen) atoms. The van der Waals surface area contributed by atoms with Gasteiger partial charge in [-0.05, 0) is 31.9 Å². The van der Waals surface area contributed by atoms with Gasteiger partial charge in [-0.25, -0.2) is 4.98 Å². The third-order valence-corrected chi connectivity index (χ3v) is 5.61. The molecule has 0 unspecified atom stereocenters. The molecule has 0 saturated heterocycles.